The number of aryl methyl sites for hydroxylation is 1. The van der Waals surface area contributed by atoms with Gasteiger partial charge in [0, 0.05) is 24.4 Å². The van der Waals surface area contributed by atoms with Crippen molar-refractivity contribution in [2.75, 3.05) is 0 Å². The molecule has 0 radical (unpaired) electrons. The zero-order valence-electron chi connectivity index (χ0n) is 15.6. The predicted molar refractivity (Wildman–Crippen MR) is 101 cm³/mol. The van der Waals surface area contributed by atoms with E-state index in [1.165, 1.54) is 38.5 Å². The number of carbonyl (C=O) groups is 1. The lowest BCUT2D eigenvalue weighted by Gasteiger charge is -2.32. The molecule has 0 amide bonds. The van der Waals surface area contributed by atoms with Gasteiger partial charge in [-0.05, 0) is 55.2 Å². The molecule has 0 aliphatic heterocycles. The molecule has 5 heteroatoms. The monoisotopic (exact) mass is 360 g/mol. The molecule has 5 nitrogen and oxygen atoms in total. The largest absolute Gasteiger partial charge is 0.479 e. The van der Waals surface area contributed by atoms with E-state index in [1.54, 1.807) is 6.20 Å². The molecule has 1 heterocycles. The van der Waals surface area contributed by atoms with Crippen LogP contribution in [0.3, 0.4) is 0 Å². The number of aliphatic carboxylic acids is 1. The number of nitrogens with zero attached hydrogens (tertiary/aromatic N) is 1. The summed E-state index contributed by atoms with van der Waals surface area (Å²) in [6.07, 6.45) is 12.9. The maximum Gasteiger partial charge on any atom is 0.337 e. The van der Waals surface area contributed by atoms with Gasteiger partial charge in [0.25, 0.3) is 0 Å². The molecular weight excluding hydrogens is 328 g/mol. The average molecular weight is 360 g/mol. The van der Waals surface area contributed by atoms with E-state index in [-0.39, 0.29) is 6.42 Å². The van der Waals surface area contributed by atoms with E-state index in [9.17, 15) is 15.0 Å². The van der Waals surface area contributed by atoms with Crippen LogP contribution < -0.4 is 5.73 Å². The van der Waals surface area contributed by atoms with Crippen molar-refractivity contribution < 1.29 is 15.0 Å². The molecule has 144 valence electrons. The molecule has 3 rings (SSSR count). The van der Waals surface area contributed by atoms with Crippen molar-refractivity contribution in [3.63, 3.8) is 0 Å². The van der Waals surface area contributed by atoms with E-state index in [0.717, 1.165) is 30.7 Å². The molecule has 2 aliphatic carbocycles. The normalized spacial score (nSPS) is 21.0. The van der Waals surface area contributed by atoms with Gasteiger partial charge in [-0.1, -0.05) is 38.5 Å². The lowest BCUT2D eigenvalue weighted by atomic mass is 9.78. The molecule has 2 atom stereocenters. The maximum absolute atomic E-state index is 11.8. The van der Waals surface area contributed by atoms with Crippen molar-refractivity contribution in [2.24, 2.45) is 17.6 Å². The van der Waals surface area contributed by atoms with Crippen LogP contribution in [0.2, 0.25) is 0 Å². The maximum atomic E-state index is 11.8. The molecule has 0 spiro atoms. The fourth-order valence-electron chi connectivity index (χ4n) is 3.86. The summed E-state index contributed by atoms with van der Waals surface area (Å²) in [6.45, 7) is 0. The van der Waals surface area contributed by atoms with Crippen molar-refractivity contribution in [1.82, 2.24) is 4.98 Å². The topological polar surface area (TPSA) is 96.4 Å². The van der Waals surface area contributed by atoms with Gasteiger partial charge in [-0.15, -0.1) is 0 Å². The first kappa shape index (κ1) is 19.3. The number of aromatic nitrogens is 1. The van der Waals surface area contributed by atoms with Crippen LogP contribution in [0.5, 0.6) is 0 Å². The van der Waals surface area contributed by atoms with Gasteiger partial charge in [0.1, 0.15) is 0 Å². The van der Waals surface area contributed by atoms with Crippen LogP contribution in [0, 0.1) is 11.8 Å². The van der Waals surface area contributed by atoms with Crippen LogP contribution in [0.1, 0.15) is 69.0 Å². The number of pyridine rings is 1. The first-order valence-corrected chi connectivity index (χ1v) is 10.1. The van der Waals surface area contributed by atoms with Gasteiger partial charge in [0.2, 0.25) is 0 Å². The Bertz CT molecular complexity index is 613. The highest BCUT2D eigenvalue weighted by atomic mass is 16.4. The second-order valence-electron chi connectivity index (χ2n) is 8.38. The minimum Gasteiger partial charge on any atom is -0.479 e. The molecule has 26 heavy (non-hydrogen) atoms. The Kier molecular flexibility index (Phi) is 6.30. The fraction of sp³-hybridized carbons (Fsp3) is 0.714. The Hall–Kier alpha value is -1.46. The summed E-state index contributed by atoms with van der Waals surface area (Å²) in [6, 6.07) is 3.13. The van der Waals surface area contributed by atoms with Crippen LogP contribution in [0.4, 0.5) is 0 Å². The Labute approximate surface area is 156 Å². The van der Waals surface area contributed by atoms with Gasteiger partial charge in [-0.25, -0.2) is 4.79 Å². The lowest BCUT2D eigenvalue weighted by molar-refractivity contribution is -0.161. The summed E-state index contributed by atoms with van der Waals surface area (Å²) in [7, 11) is 0. The highest BCUT2D eigenvalue weighted by Gasteiger charge is 2.43. The Morgan fingerprint density at radius 2 is 2.00 bits per heavy atom. The third-order valence-corrected chi connectivity index (χ3v) is 6.20. The summed E-state index contributed by atoms with van der Waals surface area (Å²) < 4.78 is 0. The van der Waals surface area contributed by atoms with Crippen LogP contribution in [0.25, 0.3) is 0 Å². The zero-order chi connectivity index (χ0) is 18.6. The molecule has 1 aromatic heterocycles. The van der Waals surface area contributed by atoms with E-state index in [2.05, 4.69) is 4.98 Å². The Morgan fingerprint density at radius 1 is 1.27 bits per heavy atom. The highest BCUT2D eigenvalue weighted by Crippen LogP contribution is 2.34. The summed E-state index contributed by atoms with van der Waals surface area (Å²) in [5.74, 6) is 0.314. The number of nitrogens with two attached hydrogens (primary N) is 1. The molecule has 2 aliphatic rings. The van der Waals surface area contributed by atoms with Gasteiger partial charge >= 0.3 is 5.97 Å². The van der Waals surface area contributed by atoms with Gasteiger partial charge < -0.3 is 15.9 Å². The first-order valence-electron chi connectivity index (χ1n) is 10.1. The average Bonchev–Trinajstić information content (AvgIpc) is 3.37. The van der Waals surface area contributed by atoms with Crippen molar-refractivity contribution in [1.29, 1.82) is 0 Å². The zero-order valence-corrected chi connectivity index (χ0v) is 15.6. The molecule has 2 saturated carbocycles. The number of rotatable bonds is 11. The number of carboxylic acids is 1. The fourth-order valence-corrected chi connectivity index (χ4v) is 3.86. The van der Waals surface area contributed by atoms with Crippen LogP contribution in [-0.2, 0) is 17.6 Å². The smallest absolute Gasteiger partial charge is 0.337 e. The van der Waals surface area contributed by atoms with E-state index in [4.69, 9.17) is 5.73 Å². The molecule has 0 bridgehead atoms. The second kappa shape index (κ2) is 8.49. The highest BCUT2D eigenvalue weighted by molar-refractivity contribution is 5.78. The van der Waals surface area contributed by atoms with Crippen molar-refractivity contribution in [3.8, 4) is 0 Å². The number of aliphatic hydroxyl groups is 1. The van der Waals surface area contributed by atoms with Gasteiger partial charge in [0.05, 0.1) is 0 Å². The van der Waals surface area contributed by atoms with E-state index < -0.39 is 17.6 Å². The molecule has 2 fully saturated rings. The SMILES string of the molecule is N[C@@H](CCC1CCC1)[C@](O)(Cc1cc(CCCC2CC2)ccn1)C(=O)O. The van der Waals surface area contributed by atoms with Crippen LogP contribution in [-0.4, -0.2) is 32.8 Å². The van der Waals surface area contributed by atoms with Crippen molar-refractivity contribution in [3.05, 3.63) is 29.6 Å². The van der Waals surface area contributed by atoms with Gasteiger partial charge in [-0.3, -0.25) is 4.98 Å². The first-order chi connectivity index (χ1) is 12.5. The Morgan fingerprint density at radius 3 is 2.62 bits per heavy atom. The minimum absolute atomic E-state index is 0.0371. The van der Waals surface area contributed by atoms with Crippen LogP contribution >= 0.6 is 0 Å². The predicted octanol–water partition coefficient (Wildman–Crippen LogP) is 3.08. The van der Waals surface area contributed by atoms with E-state index in [0.29, 0.717) is 18.0 Å². The van der Waals surface area contributed by atoms with E-state index in [1.807, 2.05) is 12.1 Å². The molecule has 0 aromatic carbocycles. The molecular formula is C21H32N2O3. The number of hydrogen-bond donors (Lipinski definition) is 3. The third kappa shape index (κ3) is 5.04. The molecule has 0 saturated heterocycles. The Balaban J connectivity index is 1.59. The number of carboxylic acid groups (broad SMARTS) is 1. The minimum atomic E-state index is -1.95. The summed E-state index contributed by atoms with van der Waals surface area (Å²) >= 11 is 0. The summed E-state index contributed by atoms with van der Waals surface area (Å²) in [5, 5.41) is 20.4. The van der Waals surface area contributed by atoms with Gasteiger partial charge in [-0.2, -0.15) is 0 Å². The molecule has 1 aromatic rings. The molecule has 0 unspecified atom stereocenters. The van der Waals surface area contributed by atoms with Crippen LogP contribution in [0.15, 0.2) is 18.3 Å². The van der Waals surface area contributed by atoms with Gasteiger partial charge in [0.15, 0.2) is 5.60 Å². The standard InChI is InChI=1S/C21H32N2O3/c22-19(10-9-15-3-1-4-15)21(26,20(24)25)14-18-13-17(11-12-23-18)6-2-5-16-7-8-16/h11-13,15-16,19,26H,1-10,14,22H2,(H,24,25)/t19-,21+/m0/s1. The lowest BCUT2D eigenvalue weighted by Crippen LogP contribution is -2.55. The summed E-state index contributed by atoms with van der Waals surface area (Å²) in [5.41, 5.74) is 5.94. The van der Waals surface area contributed by atoms with E-state index >= 15 is 0 Å². The van der Waals surface area contributed by atoms with Crippen molar-refractivity contribution >= 4 is 5.97 Å². The number of hydrogen-bond acceptors (Lipinski definition) is 4. The summed E-state index contributed by atoms with van der Waals surface area (Å²) in [4.78, 5) is 16.1. The second-order valence-corrected chi connectivity index (χ2v) is 8.38. The van der Waals surface area contributed by atoms with Crippen molar-refractivity contribution in [2.45, 2.75) is 82.3 Å². The molecule has 4 N–H and O–H groups in total. The third-order valence-electron chi connectivity index (χ3n) is 6.20. The quantitative estimate of drug-likeness (QED) is 0.563.